The first-order valence-corrected chi connectivity index (χ1v) is 11.8. The van der Waals surface area contributed by atoms with E-state index in [1.165, 1.54) is 10.7 Å². The van der Waals surface area contributed by atoms with Crippen LogP contribution in [0.3, 0.4) is 0 Å². The van der Waals surface area contributed by atoms with Crippen LogP contribution in [0.15, 0.2) is 41.5 Å². The van der Waals surface area contributed by atoms with E-state index >= 15 is 0 Å². The lowest BCUT2D eigenvalue weighted by Crippen LogP contribution is -2.54. The molecule has 2 N–H and O–H groups in total. The van der Waals surface area contributed by atoms with Crippen molar-refractivity contribution in [2.24, 2.45) is 5.10 Å². The fourth-order valence-corrected chi connectivity index (χ4v) is 4.74. The van der Waals surface area contributed by atoms with Crippen molar-refractivity contribution >= 4 is 17.4 Å². The summed E-state index contributed by atoms with van der Waals surface area (Å²) in [5.41, 5.74) is 4.85. The molecule has 2 amide bonds. The van der Waals surface area contributed by atoms with E-state index in [-0.39, 0.29) is 12.1 Å². The first kappa shape index (κ1) is 23.9. The third-order valence-electron chi connectivity index (χ3n) is 6.66. The van der Waals surface area contributed by atoms with Crippen LogP contribution in [0.1, 0.15) is 37.5 Å². The molecule has 182 valence electrons. The summed E-state index contributed by atoms with van der Waals surface area (Å²) in [6.07, 6.45) is 0.643. The second-order valence-electron chi connectivity index (χ2n) is 9.12. The largest absolute Gasteiger partial charge is 0.493 e. The Labute approximate surface area is 201 Å². The van der Waals surface area contributed by atoms with E-state index in [0.29, 0.717) is 30.0 Å². The number of rotatable bonds is 4. The minimum Gasteiger partial charge on any atom is -0.493 e. The molecule has 1 fully saturated rings. The lowest BCUT2D eigenvalue weighted by molar-refractivity contribution is 0.184. The predicted molar refractivity (Wildman–Crippen MR) is 135 cm³/mol. The van der Waals surface area contributed by atoms with Crippen molar-refractivity contribution in [1.29, 1.82) is 0 Å². The van der Waals surface area contributed by atoms with Gasteiger partial charge in [-0.15, -0.1) is 0 Å². The van der Waals surface area contributed by atoms with Crippen LogP contribution in [-0.4, -0.2) is 69.2 Å². The zero-order valence-corrected chi connectivity index (χ0v) is 20.9. The maximum atomic E-state index is 12.7. The number of carbonyl (C=O) groups excluding carboxylic acids is 1. The van der Waals surface area contributed by atoms with Gasteiger partial charge in [-0.1, -0.05) is 12.1 Å². The molecule has 0 aliphatic carbocycles. The molecule has 0 bridgehead atoms. The molecule has 0 saturated carbocycles. The van der Waals surface area contributed by atoms with Gasteiger partial charge in [0.15, 0.2) is 11.5 Å². The summed E-state index contributed by atoms with van der Waals surface area (Å²) in [6, 6.07) is 12.9. The zero-order chi connectivity index (χ0) is 24.4. The van der Waals surface area contributed by atoms with E-state index in [1.807, 2.05) is 19.1 Å². The molecule has 2 heterocycles. The van der Waals surface area contributed by atoms with Crippen molar-refractivity contribution in [1.82, 2.24) is 15.6 Å². The first-order chi connectivity index (χ1) is 16.4. The summed E-state index contributed by atoms with van der Waals surface area (Å²) in [5, 5.41) is 12.6. The number of fused-ring (bicyclic) bond motifs is 1. The van der Waals surface area contributed by atoms with Crippen LogP contribution in [-0.2, 0) is 6.42 Å². The van der Waals surface area contributed by atoms with Gasteiger partial charge in [-0.05, 0) is 57.0 Å². The average molecular weight is 466 g/mol. The number of nitrogens with zero attached hydrogens (tertiary/aromatic N) is 3. The molecule has 1 saturated heterocycles. The molecular weight excluding hydrogens is 430 g/mol. The average Bonchev–Trinajstić information content (AvgIpc) is 2.99. The van der Waals surface area contributed by atoms with Crippen molar-refractivity contribution in [2.45, 2.75) is 45.3 Å². The number of ether oxygens (including phenoxy) is 2. The maximum absolute atomic E-state index is 12.7. The molecule has 0 radical (unpaired) electrons. The van der Waals surface area contributed by atoms with Crippen molar-refractivity contribution < 1.29 is 14.3 Å². The van der Waals surface area contributed by atoms with Crippen LogP contribution in [0, 0.1) is 0 Å². The number of benzene rings is 2. The number of carbonyl (C=O) groups is 1. The van der Waals surface area contributed by atoms with Gasteiger partial charge in [0, 0.05) is 49.0 Å². The highest BCUT2D eigenvalue weighted by atomic mass is 16.5. The van der Waals surface area contributed by atoms with Crippen molar-refractivity contribution in [3.8, 4) is 11.5 Å². The number of nitrogens with one attached hydrogen (secondary N) is 2. The van der Waals surface area contributed by atoms with E-state index in [0.717, 1.165) is 35.5 Å². The number of amides is 2. The fraction of sp³-hybridized carbons (Fsp3) is 0.462. The molecule has 1 unspecified atom stereocenters. The van der Waals surface area contributed by atoms with Gasteiger partial charge in [-0.25, -0.2) is 9.80 Å². The van der Waals surface area contributed by atoms with Gasteiger partial charge >= 0.3 is 6.03 Å². The zero-order valence-electron chi connectivity index (χ0n) is 20.9. The smallest absolute Gasteiger partial charge is 0.337 e. The minimum absolute atomic E-state index is 0.128. The summed E-state index contributed by atoms with van der Waals surface area (Å²) in [4.78, 5) is 15.1. The topological polar surface area (TPSA) is 78.4 Å². The van der Waals surface area contributed by atoms with Crippen LogP contribution < -0.4 is 25.0 Å². The number of hydrazone groups is 1. The van der Waals surface area contributed by atoms with E-state index < -0.39 is 0 Å². The summed E-state index contributed by atoms with van der Waals surface area (Å²) in [6.45, 7) is 8.37. The van der Waals surface area contributed by atoms with Gasteiger partial charge in [0.05, 0.1) is 26.0 Å². The Bertz CT molecular complexity index is 1070. The first-order valence-electron chi connectivity index (χ1n) is 11.8. The number of hydrogen-bond donors (Lipinski definition) is 2. The van der Waals surface area contributed by atoms with Gasteiger partial charge in [-0.3, -0.25) is 0 Å². The van der Waals surface area contributed by atoms with Gasteiger partial charge in [0.1, 0.15) is 0 Å². The van der Waals surface area contributed by atoms with Crippen molar-refractivity contribution in [3.63, 3.8) is 0 Å². The van der Waals surface area contributed by atoms with Gasteiger partial charge in [0.25, 0.3) is 0 Å². The van der Waals surface area contributed by atoms with E-state index in [4.69, 9.17) is 14.6 Å². The number of anilines is 1. The number of methoxy groups -OCH3 is 2. The van der Waals surface area contributed by atoms with Crippen LogP contribution in [0.4, 0.5) is 10.5 Å². The van der Waals surface area contributed by atoms with Gasteiger partial charge in [-0.2, -0.15) is 5.10 Å². The van der Waals surface area contributed by atoms with Gasteiger partial charge < -0.3 is 25.0 Å². The Morgan fingerprint density at radius 1 is 1.06 bits per heavy atom. The molecule has 0 aromatic heterocycles. The Morgan fingerprint density at radius 3 is 2.38 bits per heavy atom. The highest BCUT2D eigenvalue weighted by Gasteiger charge is 2.29. The Hall–Kier alpha value is -3.26. The fourth-order valence-electron chi connectivity index (χ4n) is 4.74. The highest BCUT2D eigenvalue weighted by Crippen LogP contribution is 2.35. The monoisotopic (exact) mass is 465 g/mol. The van der Waals surface area contributed by atoms with Crippen LogP contribution >= 0.6 is 0 Å². The predicted octanol–water partition coefficient (Wildman–Crippen LogP) is 3.23. The molecule has 2 aliphatic heterocycles. The second kappa shape index (κ2) is 9.93. The Morgan fingerprint density at radius 2 is 1.74 bits per heavy atom. The molecular formula is C26H35N5O3. The summed E-state index contributed by atoms with van der Waals surface area (Å²) in [7, 11) is 4.88. The number of piperazine rings is 1. The van der Waals surface area contributed by atoms with E-state index in [9.17, 15) is 4.79 Å². The molecule has 8 nitrogen and oxygen atoms in total. The maximum Gasteiger partial charge on any atom is 0.337 e. The molecule has 3 atom stereocenters. The third-order valence-corrected chi connectivity index (χ3v) is 6.66. The molecule has 2 aliphatic rings. The standard InChI is InChI=1S/C26H35N5O3/c1-16-15-30(18(3)14-28-16)21-9-7-19(8-10-21)25-22-13-24(34-6)23(33-5)12-20(22)11-17(2)31(29-25)26(32)27-4/h7-10,12-13,16-18,28H,11,14-15H2,1-6H3,(H,27,32)/t16-,17?,18+/m1/s1. The molecule has 4 rings (SSSR count). The van der Waals surface area contributed by atoms with Crippen LogP contribution in [0.2, 0.25) is 0 Å². The van der Waals surface area contributed by atoms with E-state index in [2.05, 4.69) is 53.6 Å². The Kier molecular flexibility index (Phi) is 6.97. The van der Waals surface area contributed by atoms with E-state index in [1.54, 1.807) is 21.3 Å². The molecule has 2 aromatic carbocycles. The number of urea groups is 1. The molecule has 2 aromatic rings. The Balaban J connectivity index is 1.79. The van der Waals surface area contributed by atoms with Crippen molar-refractivity contribution in [2.75, 3.05) is 39.3 Å². The second-order valence-corrected chi connectivity index (χ2v) is 9.12. The van der Waals surface area contributed by atoms with Crippen LogP contribution in [0.5, 0.6) is 11.5 Å². The highest BCUT2D eigenvalue weighted by molar-refractivity contribution is 6.14. The third kappa shape index (κ3) is 4.55. The summed E-state index contributed by atoms with van der Waals surface area (Å²) < 4.78 is 11.1. The summed E-state index contributed by atoms with van der Waals surface area (Å²) >= 11 is 0. The van der Waals surface area contributed by atoms with Crippen LogP contribution in [0.25, 0.3) is 0 Å². The molecule has 8 heteroatoms. The van der Waals surface area contributed by atoms with Gasteiger partial charge in [0.2, 0.25) is 0 Å². The lowest BCUT2D eigenvalue weighted by Gasteiger charge is -2.39. The quantitative estimate of drug-likeness (QED) is 0.725. The minimum atomic E-state index is -0.239. The molecule has 34 heavy (non-hydrogen) atoms. The summed E-state index contributed by atoms with van der Waals surface area (Å²) in [5.74, 6) is 1.30. The van der Waals surface area contributed by atoms with Crippen molar-refractivity contribution in [3.05, 3.63) is 53.1 Å². The normalized spacial score (nSPS) is 22.4. The SMILES string of the molecule is CNC(=O)N1N=C(c2ccc(N3C[C@@H](C)NC[C@@H]3C)cc2)c2cc(OC)c(OC)cc2CC1C. The molecule has 0 spiro atoms. The lowest BCUT2D eigenvalue weighted by atomic mass is 9.93. The number of hydrogen-bond acceptors (Lipinski definition) is 6.